The molecule has 1 unspecified atom stereocenters. The van der Waals surface area contributed by atoms with Crippen molar-refractivity contribution in [1.82, 2.24) is 24.5 Å². The van der Waals surface area contributed by atoms with E-state index in [1.165, 1.54) is 0 Å². The van der Waals surface area contributed by atoms with Crippen LogP contribution in [0.4, 0.5) is 0 Å². The molecule has 7 heteroatoms. The van der Waals surface area contributed by atoms with Crippen LogP contribution >= 0.6 is 11.6 Å². The molecule has 0 bridgehead atoms. The topological polar surface area (TPSA) is 74.5 Å². The van der Waals surface area contributed by atoms with Crippen molar-refractivity contribution in [1.29, 1.82) is 0 Å². The van der Waals surface area contributed by atoms with E-state index in [1.54, 1.807) is 15.7 Å². The van der Waals surface area contributed by atoms with E-state index in [1.807, 2.05) is 20.9 Å². The van der Waals surface area contributed by atoms with Gasteiger partial charge in [-0.1, -0.05) is 11.6 Å². The first kappa shape index (κ1) is 12.1. The first-order chi connectivity index (χ1) is 7.99. The second-order valence-corrected chi connectivity index (χ2v) is 4.43. The molecule has 0 spiro atoms. The van der Waals surface area contributed by atoms with Crippen LogP contribution in [-0.4, -0.2) is 24.5 Å². The first-order valence-corrected chi connectivity index (χ1v) is 5.69. The molecule has 0 aliphatic heterocycles. The molecule has 92 valence electrons. The molecule has 2 heterocycles. The summed E-state index contributed by atoms with van der Waals surface area (Å²) in [4.78, 5) is 4.13. The molecule has 0 aliphatic rings. The Morgan fingerprint density at radius 1 is 1.47 bits per heavy atom. The molecule has 0 saturated heterocycles. The van der Waals surface area contributed by atoms with Gasteiger partial charge in [-0.2, -0.15) is 10.2 Å². The van der Waals surface area contributed by atoms with Gasteiger partial charge in [0, 0.05) is 12.6 Å². The van der Waals surface area contributed by atoms with Crippen molar-refractivity contribution in [3.8, 4) is 0 Å². The Morgan fingerprint density at radius 2 is 2.18 bits per heavy atom. The van der Waals surface area contributed by atoms with Gasteiger partial charge in [0.25, 0.3) is 0 Å². The molecule has 0 saturated carbocycles. The molecule has 2 aromatic heterocycles. The lowest BCUT2D eigenvalue weighted by atomic mass is 10.3. The van der Waals surface area contributed by atoms with Gasteiger partial charge in [0.15, 0.2) is 5.82 Å². The fourth-order valence-corrected chi connectivity index (χ4v) is 1.84. The van der Waals surface area contributed by atoms with Crippen molar-refractivity contribution < 1.29 is 0 Å². The predicted octanol–water partition coefficient (Wildman–Crippen LogP) is 1.04. The minimum Gasteiger partial charge on any atom is -0.321 e. The number of nitrogens with zero attached hydrogens (tertiary/aromatic N) is 5. The molecular formula is C10H15ClN6. The Balaban J connectivity index is 2.25. The quantitative estimate of drug-likeness (QED) is 0.888. The lowest BCUT2D eigenvalue weighted by molar-refractivity contribution is 0.647. The SMILES string of the molecule is Cc1nn(C)c(Cl)c1Cn1cnc(C(C)N)n1. The number of halogens is 1. The van der Waals surface area contributed by atoms with E-state index in [-0.39, 0.29) is 6.04 Å². The Morgan fingerprint density at radius 3 is 2.65 bits per heavy atom. The van der Waals surface area contributed by atoms with E-state index < -0.39 is 0 Å². The summed E-state index contributed by atoms with van der Waals surface area (Å²) in [6, 6.07) is -0.165. The highest BCUT2D eigenvalue weighted by Gasteiger charge is 2.13. The van der Waals surface area contributed by atoms with Crippen molar-refractivity contribution in [2.45, 2.75) is 26.4 Å². The van der Waals surface area contributed by atoms with E-state index in [0.29, 0.717) is 17.5 Å². The average molecular weight is 255 g/mol. The second-order valence-electron chi connectivity index (χ2n) is 4.07. The maximum Gasteiger partial charge on any atom is 0.166 e. The highest BCUT2D eigenvalue weighted by Crippen LogP contribution is 2.19. The minimum absolute atomic E-state index is 0.165. The molecule has 17 heavy (non-hydrogen) atoms. The Kier molecular flexibility index (Phi) is 3.17. The third-order valence-corrected chi connectivity index (χ3v) is 3.02. The molecular weight excluding hydrogens is 240 g/mol. The summed E-state index contributed by atoms with van der Waals surface area (Å²) >= 11 is 6.15. The van der Waals surface area contributed by atoms with Gasteiger partial charge >= 0.3 is 0 Å². The van der Waals surface area contributed by atoms with Crippen LogP contribution in [0.15, 0.2) is 6.33 Å². The van der Waals surface area contributed by atoms with Gasteiger partial charge in [-0.25, -0.2) is 9.67 Å². The zero-order valence-electron chi connectivity index (χ0n) is 10.1. The molecule has 0 aliphatic carbocycles. The summed E-state index contributed by atoms with van der Waals surface area (Å²) in [5.41, 5.74) is 7.56. The van der Waals surface area contributed by atoms with Crippen LogP contribution in [0, 0.1) is 6.92 Å². The van der Waals surface area contributed by atoms with Gasteiger partial charge in [0.1, 0.15) is 11.5 Å². The van der Waals surface area contributed by atoms with Crippen molar-refractivity contribution in [2.75, 3.05) is 0 Å². The molecule has 0 radical (unpaired) electrons. The fraction of sp³-hybridized carbons (Fsp3) is 0.500. The van der Waals surface area contributed by atoms with Gasteiger partial charge in [0.05, 0.1) is 18.3 Å². The third kappa shape index (κ3) is 2.32. The molecule has 2 rings (SSSR count). The minimum atomic E-state index is -0.165. The zero-order valence-corrected chi connectivity index (χ0v) is 10.8. The van der Waals surface area contributed by atoms with Crippen molar-refractivity contribution >= 4 is 11.6 Å². The van der Waals surface area contributed by atoms with Gasteiger partial charge in [-0.15, -0.1) is 0 Å². The number of aromatic nitrogens is 5. The number of hydrogen-bond donors (Lipinski definition) is 1. The van der Waals surface area contributed by atoms with Crippen LogP contribution in [0.5, 0.6) is 0 Å². The van der Waals surface area contributed by atoms with E-state index in [2.05, 4.69) is 15.2 Å². The van der Waals surface area contributed by atoms with E-state index in [4.69, 9.17) is 17.3 Å². The van der Waals surface area contributed by atoms with Gasteiger partial charge in [-0.05, 0) is 13.8 Å². The molecule has 0 aromatic carbocycles. The largest absolute Gasteiger partial charge is 0.321 e. The molecule has 1 atom stereocenters. The normalized spacial score (nSPS) is 13.0. The lowest BCUT2D eigenvalue weighted by Crippen LogP contribution is -2.09. The summed E-state index contributed by atoms with van der Waals surface area (Å²) in [7, 11) is 1.81. The second kappa shape index (κ2) is 4.46. The fourth-order valence-electron chi connectivity index (χ4n) is 1.61. The summed E-state index contributed by atoms with van der Waals surface area (Å²) < 4.78 is 3.37. The van der Waals surface area contributed by atoms with Gasteiger partial charge in [0.2, 0.25) is 0 Å². The van der Waals surface area contributed by atoms with Crippen LogP contribution in [0.1, 0.15) is 30.0 Å². The van der Waals surface area contributed by atoms with Gasteiger partial charge in [-0.3, -0.25) is 4.68 Å². The number of hydrogen-bond acceptors (Lipinski definition) is 4. The number of rotatable bonds is 3. The van der Waals surface area contributed by atoms with Crippen LogP contribution < -0.4 is 5.73 Å². The predicted molar refractivity (Wildman–Crippen MR) is 64.7 cm³/mol. The lowest BCUT2D eigenvalue weighted by Gasteiger charge is -2.01. The van der Waals surface area contributed by atoms with Crippen molar-refractivity contribution in [3.63, 3.8) is 0 Å². The first-order valence-electron chi connectivity index (χ1n) is 5.32. The molecule has 0 fully saturated rings. The monoisotopic (exact) mass is 254 g/mol. The van der Waals surface area contributed by atoms with E-state index in [0.717, 1.165) is 11.3 Å². The average Bonchev–Trinajstić information content (AvgIpc) is 2.80. The molecule has 0 amide bonds. The highest BCUT2D eigenvalue weighted by atomic mass is 35.5. The molecule has 2 N–H and O–H groups in total. The number of nitrogens with two attached hydrogens (primary N) is 1. The van der Waals surface area contributed by atoms with Crippen LogP contribution in [0.25, 0.3) is 0 Å². The summed E-state index contributed by atoms with van der Waals surface area (Å²) in [5, 5.41) is 9.15. The maximum atomic E-state index is 6.15. The Hall–Kier alpha value is -1.40. The molecule has 2 aromatic rings. The zero-order chi connectivity index (χ0) is 12.6. The van der Waals surface area contributed by atoms with Crippen molar-refractivity contribution in [2.24, 2.45) is 12.8 Å². The Bertz CT molecular complexity index is 527. The third-order valence-electron chi connectivity index (χ3n) is 2.55. The molecule has 6 nitrogen and oxygen atoms in total. The summed E-state index contributed by atoms with van der Waals surface area (Å²) in [6.07, 6.45) is 1.65. The van der Waals surface area contributed by atoms with Crippen LogP contribution in [0.2, 0.25) is 5.15 Å². The standard InChI is InChI=1S/C10H15ClN6/c1-6(12)10-13-5-17(15-10)4-8-7(2)14-16(3)9(8)11/h5-6H,4,12H2,1-3H3. The smallest absolute Gasteiger partial charge is 0.166 e. The van der Waals surface area contributed by atoms with Crippen LogP contribution in [0.3, 0.4) is 0 Å². The number of aryl methyl sites for hydroxylation is 2. The van der Waals surface area contributed by atoms with Crippen molar-refractivity contribution in [3.05, 3.63) is 28.6 Å². The Labute approximate surface area is 104 Å². The van der Waals surface area contributed by atoms with E-state index >= 15 is 0 Å². The highest BCUT2D eigenvalue weighted by molar-refractivity contribution is 6.30. The van der Waals surface area contributed by atoms with E-state index in [9.17, 15) is 0 Å². The summed E-state index contributed by atoms with van der Waals surface area (Å²) in [5.74, 6) is 0.627. The van der Waals surface area contributed by atoms with Crippen LogP contribution in [-0.2, 0) is 13.6 Å². The maximum absolute atomic E-state index is 6.15. The summed E-state index contributed by atoms with van der Waals surface area (Å²) in [6.45, 7) is 4.32. The van der Waals surface area contributed by atoms with Gasteiger partial charge < -0.3 is 5.73 Å².